The molecule has 1 aromatic carbocycles. The van der Waals surface area contributed by atoms with Crippen molar-refractivity contribution in [2.45, 2.75) is 39.0 Å². The summed E-state index contributed by atoms with van der Waals surface area (Å²) < 4.78 is 10.7. The van der Waals surface area contributed by atoms with Gasteiger partial charge in [0.2, 0.25) is 5.95 Å². The average Bonchev–Trinajstić information content (AvgIpc) is 2.57. The molecule has 1 aromatic heterocycles. The largest absolute Gasteiger partial charge is 0.497 e. The van der Waals surface area contributed by atoms with E-state index in [2.05, 4.69) is 16.9 Å². The second kappa shape index (κ2) is 8.38. The molecule has 0 atom stereocenters. The highest BCUT2D eigenvalue weighted by molar-refractivity contribution is 5.46. The molecule has 0 aliphatic carbocycles. The number of hydrogen-bond acceptors (Lipinski definition) is 6. The van der Waals surface area contributed by atoms with Crippen LogP contribution in [-0.4, -0.2) is 24.2 Å². The fraction of sp³-hybridized carbons (Fsp3) is 0.444. The molecule has 2 aromatic rings. The summed E-state index contributed by atoms with van der Waals surface area (Å²) in [6.45, 7) is 2.11. The Morgan fingerprint density at radius 1 is 1.00 bits per heavy atom. The van der Waals surface area contributed by atoms with Gasteiger partial charge in [-0.3, -0.25) is 0 Å². The smallest absolute Gasteiger partial charge is 0.222 e. The Hall–Kier alpha value is -2.50. The van der Waals surface area contributed by atoms with Crippen LogP contribution in [0, 0.1) is 0 Å². The lowest BCUT2D eigenvalue weighted by atomic mass is 10.0. The molecule has 6 nitrogen and oxygen atoms in total. The van der Waals surface area contributed by atoms with Crippen LogP contribution in [0.2, 0.25) is 0 Å². The summed E-state index contributed by atoms with van der Waals surface area (Å²) in [5.74, 6) is 2.43. The standard InChI is InChI=1S/C18H26N4O2/c1-4-6-15-14(17(19)22-18(20)21-15)8-5-7-12-11-13(23-2)9-10-16(12)24-3/h9-11H,4-8H2,1-3H3,(H4,19,20,21,22). The van der Waals surface area contributed by atoms with Gasteiger partial charge in [0.05, 0.1) is 19.9 Å². The highest BCUT2D eigenvalue weighted by Crippen LogP contribution is 2.26. The van der Waals surface area contributed by atoms with E-state index in [-0.39, 0.29) is 5.95 Å². The first-order valence-corrected chi connectivity index (χ1v) is 8.20. The number of methoxy groups -OCH3 is 2. The van der Waals surface area contributed by atoms with Crippen molar-refractivity contribution < 1.29 is 9.47 Å². The Kier molecular flexibility index (Phi) is 6.23. The number of nitrogen functional groups attached to an aromatic ring is 2. The van der Waals surface area contributed by atoms with Crippen molar-refractivity contribution in [3.05, 3.63) is 35.0 Å². The van der Waals surface area contributed by atoms with Gasteiger partial charge in [-0.15, -0.1) is 0 Å². The summed E-state index contributed by atoms with van der Waals surface area (Å²) in [6.07, 6.45) is 4.43. The number of benzene rings is 1. The van der Waals surface area contributed by atoms with E-state index in [0.717, 1.165) is 60.4 Å². The molecule has 0 aliphatic rings. The number of ether oxygens (including phenoxy) is 2. The Balaban J connectivity index is 2.12. The molecule has 4 N–H and O–H groups in total. The van der Waals surface area contributed by atoms with Crippen molar-refractivity contribution in [3.8, 4) is 11.5 Å². The molecule has 0 bridgehead atoms. The number of hydrogen-bond donors (Lipinski definition) is 2. The molecular weight excluding hydrogens is 304 g/mol. The van der Waals surface area contributed by atoms with Crippen molar-refractivity contribution in [2.24, 2.45) is 0 Å². The second-order valence-corrected chi connectivity index (χ2v) is 5.67. The number of aromatic nitrogens is 2. The molecule has 0 unspecified atom stereocenters. The number of nitrogens with zero attached hydrogens (tertiary/aromatic N) is 2. The van der Waals surface area contributed by atoms with E-state index in [4.69, 9.17) is 20.9 Å². The molecular formula is C18H26N4O2. The van der Waals surface area contributed by atoms with Crippen molar-refractivity contribution in [3.63, 3.8) is 0 Å². The number of nitrogens with two attached hydrogens (primary N) is 2. The van der Waals surface area contributed by atoms with Gasteiger partial charge in [0.1, 0.15) is 17.3 Å². The van der Waals surface area contributed by atoms with Gasteiger partial charge in [-0.05, 0) is 49.4 Å². The normalized spacial score (nSPS) is 10.6. The molecule has 1 heterocycles. The summed E-state index contributed by atoms with van der Waals surface area (Å²) >= 11 is 0. The lowest BCUT2D eigenvalue weighted by Crippen LogP contribution is -2.09. The van der Waals surface area contributed by atoms with E-state index in [1.165, 1.54) is 0 Å². The average molecular weight is 330 g/mol. The van der Waals surface area contributed by atoms with E-state index in [1.807, 2.05) is 18.2 Å². The van der Waals surface area contributed by atoms with Crippen LogP contribution in [0.4, 0.5) is 11.8 Å². The molecule has 0 radical (unpaired) electrons. The molecule has 0 saturated carbocycles. The van der Waals surface area contributed by atoms with Gasteiger partial charge in [0.25, 0.3) is 0 Å². The van der Waals surface area contributed by atoms with E-state index >= 15 is 0 Å². The number of rotatable bonds is 8. The Labute approximate surface area is 143 Å². The fourth-order valence-corrected chi connectivity index (χ4v) is 2.82. The zero-order valence-corrected chi connectivity index (χ0v) is 14.6. The SMILES string of the molecule is CCCc1nc(N)nc(N)c1CCCc1cc(OC)ccc1OC. The van der Waals surface area contributed by atoms with Gasteiger partial charge >= 0.3 is 0 Å². The van der Waals surface area contributed by atoms with Crippen molar-refractivity contribution in [2.75, 3.05) is 25.7 Å². The van der Waals surface area contributed by atoms with Crippen LogP contribution in [0.1, 0.15) is 36.6 Å². The van der Waals surface area contributed by atoms with Crippen molar-refractivity contribution >= 4 is 11.8 Å². The van der Waals surface area contributed by atoms with E-state index in [0.29, 0.717) is 5.82 Å². The van der Waals surface area contributed by atoms with Crippen LogP contribution < -0.4 is 20.9 Å². The van der Waals surface area contributed by atoms with Crippen LogP contribution in [0.25, 0.3) is 0 Å². The summed E-state index contributed by atoms with van der Waals surface area (Å²) in [4.78, 5) is 8.46. The van der Waals surface area contributed by atoms with E-state index < -0.39 is 0 Å². The molecule has 0 amide bonds. The second-order valence-electron chi connectivity index (χ2n) is 5.67. The minimum atomic E-state index is 0.245. The molecule has 130 valence electrons. The molecule has 6 heteroatoms. The molecule has 0 fully saturated rings. The van der Waals surface area contributed by atoms with Crippen molar-refractivity contribution in [1.29, 1.82) is 0 Å². The van der Waals surface area contributed by atoms with Crippen LogP contribution in [0.15, 0.2) is 18.2 Å². The number of anilines is 2. The lowest BCUT2D eigenvalue weighted by Gasteiger charge is -2.13. The maximum Gasteiger partial charge on any atom is 0.222 e. The van der Waals surface area contributed by atoms with Gasteiger partial charge in [-0.1, -0.05) is 13.3 Å². The minimum absolute atomic E-state index is 0.245. The highest BCUT2D eigenvalue weighted by Gasteiger charge is 2.12. The van der Waals surface area contributed by atoms with Crippen LogP contribution in [0.5, 0.6) is 11.5 Å². The van der Waals surface area contributed by atoms with Gasteiger partial charge < -0.3 is 20.9 Å². The van der Waals surface area contributed by atoms with Gasteiger partial charge in [-0.25, -0.2) is 4.98 Å². The van der Waals surface area contributed by atoms with Crippen LogP contribution in [-0.2, 0) is 19.3 Å². The summed E-state index contributed by atoms with van der Waals surface area (Å²) in [5.41, 5.74) is 14.9. The minimum Gasteiger partial charge on any atom is -0.497 e. The fourth-order valence-electron chi connectivity index (χ4n) is 2.82. The first-order chi connectivity index (χ1) is 11.6. The number of aryl methyl sites for hydroxylation is 2. The highest BCUT2D eigenvalue weighted by atomic mass is 16.5. The predicted octanol–water partition coefficient (Wildman–Crippen LogP) is 2.79. The Morgan fingerprint density at radius 2 is 1.79 bits per heavy atom. The predicted molar refractivity (Wildman–Crippen MR) is 96.4 cm³/mol. The summed E-state index contributed by atoms with van der Waals surface area (Å²) in [6, 6.07) is 5.83. The summed E-state index contributed by atoms with van der Waals surface area (Å²) in [7, 11) is 3.34. The zero-order chi connectivity index (χ0) is 17.5. The first kappa shape index (κ1) is 17.8. The van der Waals surface area contributed by atoms with Gasteiger partial charge in [-0.2, -0.15) is 4.98 Å². The maximum absolute atomic E-state index is 6.06. The topological polar surface area (TPSA) is 96.3 Å². The van der Waals surface area contributed by atoms with Crippen LogP contribution in [0.3, 0.4) is 0 Å². The van der Waals surface area contributed by atoms with E-state index in [9.17, 15) is 0 Å². The van der Waals surface area contributed by atoms with E-state index in [1.54, 1.807) is 14.2 Å². The quantitative estimate of drug-likeness (QED) is 0.772. The molecule has 2 rings (SSSR count). The molecule has 0 aliphatic heterocycles. The van der Waals surface area contributed by atoms with Gasteiger partial charge in [0, 0.05) is 5.56 Å². The Morgan fingerprint density at radius 3 is 2.46 bits per heavy atom. The molecule has 0 spiro atoms. The molecule has 0 saturated heterocycles. The third-order valence-corrected chi connectivity index (χ3v) is 3.99. The monoisotopic (exact) mass is 330 g/mol. The first-order valence-electron chi connectivity index (χ1n) is 8.20. The third-order valence-electron chi connectivity index (χ3n) is 3.99. The van der Waals surface area contributed by atoms with Crippen LogP contribution >= 0.6 is 0 Å². The lowest BCUT2D eigenvalue weighted by molar-refractivity contribution is 0.398. The maximum atomic E-state index is 6.06. The molecule has 24 heavy (non-hydrogen) atoms. The Bertz CT molecular complexity index is 689. The van der Waals surface area contributed by atoms with Crippen molar-refractivity contribution in [1.82, 2.24) is 9.97 Å². The summed E-state index contributed by atoms with van der Waals surface area (Å²) in [5, 5.41) is 0. The van der Waals surface area contributed by atoms with Gasteiger partial charge in [0.15, 0.2) is 0 Å². The zero-order valence-electron chi connectivity index (χ0n) is 14.6. The third kappa shape index (κ3) is 4.28.